The first-order chi connectivity index (χ1) is 4.16. The van der Waals surface area contributed by atoms with Gasteiger partial charge in [-0.3, -0.25) is 9.68 Å². The predicted molar refractivity (Wildman–Crippen MR) is 25.4 cm³/mol. The van der Waals surface area contributed by atoms with Gasteiger partial charge in [-0.15, -0.1) is 0 Å². The van der Waals surface area contributed by atoms with Crippen LogP contribution in [-0.4, -0.2) is 24.2 Å². The highest BCUT2D eigenvalue weighted by Crippen LogP contribution is 1.84. The van der Waals surface area contributed by atoms with Crippen molar-refractivity contribution in [1.82, 2.24) is 0 Å². The van der Waals surface area contributed by atoms with Crippen molar-refractivity contribution in [1.29, 1.82) is 0 Å². The number of carboxylic acids is 1. The number of hydrogen-bond donors (Lipinski definition) is 1. The van der Waals surface area contributed by atoms with Crippen molar-refractivity contribution in [3.05, 3.63) is 0 Å². The Morgan fingerprint density at radius 3 is 2.44 bits per heavy atom. The van der Waals surface area contributed by atoms with E-state index in [4.69, 9.17) is 5.11 Å². The molecule has 0 fully saturated rings. The molecule has 0 saturated heterocycles. The van der Waals surface area contributed by atoms with Gasteiger partial charge in [-0.2, -0.15) is 4.89 Å². The third-order valence-corrected chi connectivity index (χ3v) is 0.472. The van der Waals surface area contributed by atoms with E-state index in [2.05, 4.69) is 9.78 Å². The van der Waals surface area contributed by atoms with E-state index in [0.29, 0.717) is 0 Å². The lowest BCUT2D eigenvalue weighted by atomic mass is 10.5. The van der Waals surface area contributed by atoms with Crippen molar-refractivity contribution < 1.29 is 24.5 Å². The van der Waals surface area contributed by atoms with Gasteiger partial charge in [-0.1, -0.05) is 0 Å². The average molecular weight is 134 g/mol. The molecule has 0 aromatic heterocycles. The Hall–Kier alpha value is -1.10. The normalized spacial score (nSPS) is 8.56. The van der Waals surface area contributed by atoms with Crippen LogP contribution in [0.5, 0.6) is 0 Å². The summed E-state index contributed by atoms with van der Waals surface area (Å²) in [6.07, 6.45) is -0.673. The predicted octanol–water partition coefficient (Wildman–Crippen LogP) is -0.434. The van der Waals surface area contributed by atoms with Crippen LogP contribution in [0.15, 0.2) is 0 Å². The van der Waals surface area contributed by atoms with Crippen LogP contribution in [0.25, 0.3) is 0 Å². The zero-order valence-electron chi connectivity index (χ0n) is 4.79. The van der Waals surface area contributed by atoms with Crippen LogP contribution < -0.4 is 0 Å². The van der Waals surface area contributed by atoms with E-state index in [1.54, 1.807) is 0 Å². The zero-order valence-corrected chi connectivity index (χ0v) is 4.79. The van der Waals surface area contributed by atoms with Gasteiger partial charge in [-0.25, -0.2) is 4.79 Å². The third kappa shape index (κ3) is 4.76. The lowest BCUT2D eigenvalue weighted by molar-refractivity contribution is -0.254. The fraction of sp³-hybridized carbons (Fsp3) is 0.500. The standard InChI is InChI=1S/C4H6O5/c1-8-9-4(7)2-3(5)6/h2H2,1H3,(H,5,6). The van der Waals surface area contributed by atoms with E-state index in [1.807, 2.05) is 0 Å². The Morgan fingerprint density at radius 2 is 2.11 bits per heavy atom. The summed E-state index contributed by atoms with van der Waals surface area (Å²) < 4.78 is 0. The first-order valence-electron chi connectivity index (χ1n) is 2.12. The van der Waals surface area contributed by atoms with E-state index < -0.39 is 18.4 Å². The van der Waals surface area contributed by atoms with Crippen molar-refractivity contribution in [2.45, 2.75) is 6.42 Å². The van der Waals surface area contributed by atoms with Crippen LogP contribution in [0.2, 0.25) is 0 Å². The number of carboxylic acid groups (broad SMARTS) is 1. The van der Waals surface area contributed by atoms with E-state index in [-0.39, 0.29) is 0 Å². The minimum absolute atomic E-state index is 0.673. The largest absolute Gasteiger partial charge is 0.481 e. The molecule has 0 radical (unpaired) electrons. The molecule has 0 heterocycles. The van der Waals surface area contributed by atoms with Crippen LogP contribution in [0.3, 0.4) is 0 Å². The van der Waals surface area contributed by atoms with Crippen molar-refractivity contribution in [3.63, 3.8) is 0 Å². The number of aliphatic carboxylic acids is 1. The van der Waals surface area contributed by atoms with Gasteiger partial charge in [0.05, 0.1) is 7.11 Å². The van der Waals surface area contributed by atoms with Gasteiger partial charge in [-0.05, 0) is 0 Å². The molecule has 0 aliphatic rings. The molecule has 5 heteroatoms. The molecule has 0 aliphatic carbocycles. The molecule has 0 spiro atoms. The van der Waals surface area contributed by atoms with E-state index >= 15 is 0 Å². The number of carbonyl (C=O) groups is 2. The Balaban J connectivity index is 3.39. The number of hydrogen-bond acceptors (Lipinski definition) is 4. The molecular formula is C4H6O5. The Bertz CT molecular complexity index is 118. The topological polar surface area (TPSA) is 72.8 Å². The summed E-state index contributed by atoms with van der Waals surface area (Å²) in [7, 11) is 1.12. The summed E-state index contributed by atoms with van der Waals surface area (Å²) in [6.45, 7) is 0. The van der Waals surface area contributed by atoms with Gasteiger partial charge in [0.2, 0.25) is 0 Å². The van der Waals surface area contributed by atoms with Gasteiger partial charge in [0, 0.05) is 0 Å². The lowest BCUT2D eigenvalue weighted by Gasteiger charge is -1.93. The fourth-order valence-electron chi connectivity index (χ4n) is 0.246. The lowest BCUT2D eigenvalue weighted by Crippen LogP contribution is -2.09. The summed E-state index contributed by atoms with van der Waals surface area (Å²) in [4.78, 5) is 27.6. The molecule has 0 aliphatic heterocycles. The van der Waals surface area contributed by atoms with E-state index in [0.717, 1.165) is 7.11 Å². The summed E-state index contributed by atoms with van der Waals surface area (Å²) in [6, 6.07) is 0. The maximum atomic E-state index is 10.1. The maximum Gasteiger partial charge on any atom is 0.353 e. The summed E-state index contributed by atoms with van der Waals surface area (Å²) in [5.74, 6) is -2.15. The smallest absolute Gasteiger partial charge is 0.353 e. The van der Waals surface area contributed by atoms with Crippen molar-refractivity contribution in [2.75, 3.05) is 7.11 Å². The summed E-state index contributed by atoms with van der Waals surface area (Å²) in [5, 5.41) is 7.95. The first-order valence-corrected chi connectivity index (χ1v) is 2.12. The molecular weight excluding hydrogens is 128 g/mol. The van der Waals surface area contributed by atoms with Gasteiger partial charge in [0.15, 0.2) is 0 Å². The molecule has 0 amide bonds. The zero-order chi connectivity index (χ0) is 7.28. The van der Waals surface area contributed by atoms with Crippen LogP contribution >= 0.6 is 0 Å². The molecule has 0 atom stereocenters. The summed E-state index contributed by atoms with van der Waals surface area (Å²) in [5.41, 5.74) is 0. The highest BCUT2D eigenvalue weighted by atomic mass is 17.2. The van der Waals surface area contributed by atoms with Crippen LogP contribution in [0, 0.1) is 0 Å². The molecule has 0 rings (SSSR count). The van der Waals surface area contributed by atoms with Crippen molar-refractivity contribution in [3.8, 4) is 0 Å². The highest BCUT2D eigenvalue weighted by Gasteiger charge is 2.08. The van der Waals surface area contributed by atoms with Crippen LogP contribution in [0.1, 0.15) is 6.42 Å². The number of carbonyl (C=O) groups excluding carboxylic acids is 1. The van der Waals surface area contributed by atoms with Gasteiger partial charge in [0.1, 0.15) is 6.42 Å². The van der Waals surface area contributed by atoms with E-state index in [1.165, 1.54) is 0 Å². The molecule has 0 bridgehead atoms. The quantitative estimate of drug-likeness (QED) is 0.322. The van der Waals surface area contributed by atoms with Gasteiger partial charge in [0.25, 0.3) is 0 Å². The Morgan fingerprint density at radius 1 is 1.56 bits per heavy atom. The molecule has 0 aromatic rings. The molecule has 0 unspecified atom stereocenters. The van der Waals surface area contributed by atoms with Crippen molar-refractivity contribution >= 4 is 11.9 Å². The second-order valence-electron chi connectivity index (χ2n) is 1.19. The first kappa shape index (κ1) is 7.90. The Labute approximate surface area is 51.1 Å². The fourth-order valence-corrected chi connectivity index (χ4v) is 0.246. The van der Waals surface area contributed by atoms with Crippen LogP contribution in [0.4, 0.5) is 0 Å². The average Bonchev–Trinajstić information content (AvgIpc) is 1.63. The van der Waals surface area contributed by atoms with Gasteiger partial charge < -0.3 is 5.11 Å². The van der Waals surface area contributed by atoms with Crippen LogP contribution in [-0.2, 0) is 19.4 Å². The molecule has 1 N–H and O–H groups in total. The molecule has 9 heavy (non-hydrogen) atoms. The van der Waals surface area contributed by atoms with E-state index in [9.17, 15) is 9.59 Å². The molecule has 5 nitrogen and oxygen atoms in total. The molecule has 0 aromatic carbocycles. The SMILES string of the molecule is COOC(=O)CC(=O)O. The monoisotopic (exact) mass is 134 g/mol. The second-order valence-corrected chi connectivity index (χ2v) is 1.19. The second kappa shape index (κ2) is 3.85. The van der Waals surface area contributed by atoms with Crippen molar-refractivity contribution in [2.24, 2.45) is 0 Å². The maximum absolute atomic E-state index is 10.1. The molecule has 52 valence electrons. The Kier molecular flexibility index (Phi) is 3.38. The minimum atomic E-state index is -1.24. The highest BCUT2D eigenvalue weighted by molar-refractivity contribution is 5.89. The number of rotatable bonds is 3. The molecule has 0 saturated carbocycles. The summed E-state index contributed by atoms with van der Waals surface area (Å²) >= 11 is 0. The third-order valence-electron chi connectivity index (χ3n) is 0.472. The van der Waals surface area contributed by atoms with Gasteiger partial charge >= 0.3 is 11.9 Å². The minimum Gasteiger partial charge on any atom is -0.481 e.